The first-order valence-corrected chi connectivity index (χ1v) is 5.60. The Morgan fingerprint density at radius 2 is 2.31 bits per heavy atom. The van der Waals surface area contributed by atoms with Crippen LogP contribution >= 0.6 is 11.3 Å². The summed E-state index contributed by atoms with van der Waals surface area (Å²) in [4.78, 5) is 25.4. The van der Waals surface area contributed by atoms with E-state index in [-0.39, 0.29) is 18.9 Å². The van der Waals surface area contributed by atoms with Crippen molar-refractivity contribution in [2.75, 3.05) is 18.9 Å². The Hall–Kier alpha value is -1.63. The lowest BCUT2D eigenvalue weighted by Crippen LogP contribution is -2.26. The largest absolute Gasteiger partial charge is 0.481 e. The zero-order chi connectivity index (χ0) is 12.0. The number of hydrogen-bond acceptors (Lipinski definition) is 5. The van der Waals surface area contributed by atoms with Gasteiger partial charge in [-0.15, -0.1) is 11.3 Å². The minimum atomic E-state index is -0.840. The first-order chi connectivity index (χ1) is 7.61. The number of carboxylic acid groups (broad SMARTS) is 1. The maximum Gasteiger partial charge on any atom is 0.303 e. The Morgan fingerprint density at radius 3 is 2.94 bits per heavy atom. The van der Waals surface area contributed by atoms with Gasteiger partial charge < -0.3 is 15.7 Å². The van der Waals surface area contributed by atoms with Crippen molar-refractivity contribution in [1.82, 2.24) is 10.3 Å². The third-order valence-corrected chi connectivity index (χ3v) is 2.67. The molecule has 16 heavy (non-hydrogen) atoms. The number of aliphatic carboxylic acids is 1. The van der Waals surface area contributed by atoms with E-state index in [0.29, 0.717) is 11.6 Å². The normalized spacial score (nSPS) is 9.81. The number of carbonyl (C=O) groups excluding carboxylic acids is 1. The first-order valence-electron chi connectivity index (χ1n) is 4.72. The van der Waals surface area contributed by atoms with Crippen LogP contribution in [0.4, 0.5) is 5.13 Å². The van der Waals surface area contributed by atoms with Crippen molar-refractivity contribution < 1.29 is 14.7 Å². The van der Waals surface area contributed by atoms with Gasteiger partial charge in [0, 0.05) is 18.8 Å². The molecule has 0 aromatic carbocycles. The summed E-state index contributed by atoms with van der Waals surface area (Å²) in [5.41, 5.74) is 0.729. The van der Waals surface area contributed by atoms with Crippen molar-refractivity contribution in [1.29, 1.82) is 0 Å². The molecule has 0 fully saturated rings. The van der Waals surface area contributed by atoms with Crippen LogP contribution in [0.1, 0.15) is 12.1 Å². The summed E-state index contributed by atoms with van der Waals surface area (Å²) < 4.78 is 0. The van der Waals surface area contributed by atoms with E-state index in [1.54, 1.807) is 12.4 Å². The van der Waals surface area contributed by atoms with Crippen LogP contribution in [0.15, 0.2) is 5.38 Å². The second-order valence-corrected chi connectivity index (χ2v) is 3.92. The van der Waals surface area contributed by atoms with Crippen molar-refractivity contribution in [2.24, 2.45) is 0 Å². The van der Waals surface area contributed by atoms with Crippen molar-refractivity contribution in [3.8, 4) is 0 Å². The molecular weight excluding hydrogens is 230 g/mol. The molecule has 0 saturated carbocycles. The lowest BCUT2D eigenvalue weighted by molar-refractivity contribution is -0.137. The summed E-state index contributed by atoms with van der Waals surface area (Å²) in [6, 6.07) is 0. The predicted molar refractivity (Wildman–Crippen MR) is 60.6 cm³/mol. The lowest BCUT2D eigenvalue weighted by atomic mass is 10.2. The molecule has 0 bridgehead atoms. The molecule has 6 nitrogen and oxygen atoms in total. The molecule has 88 valence electrons. The molecule has 1 amide bonds. The molecule has 0 saturated heterocycles. The molecular formula is C9H13N3O3S. The number of thiazole rings is 1. The number of nitrogens with one attached hydrogen (secondary N) is 2. The van der Waals surface area contributed by atoms with Crippen molar-refractivity contribution in [3.63, 3.8) is 0 Å². The SMILES string of the molecule is CNC(=O)CNc1nc(CCC(=O)O)cs1. The monoisotopic (exact) mass is 243 g/mol. The van der Waals surface area contributed by atoms with E-state index in [1.165, 1.54) is 11.3 Å². The molecule has 1 aromatic rings. The fourth-order valence-corrected chi connectivity index (χ4v) is 1.73. The van der Waals surface area contributed by atoms with Crippen LogP contribution in [0.25, 0.3) is 0 Å². The van der Waals surface area contributed by atoms with E-state index < -0.39 is 5.97 Å². The summed E-state index contributed by atoms with van der Waals surface area (Å²) in [7, 11) is 1.56. The highest BCUT2D eigenvalue weighted by molar-refractivity contribution is 7.13. The quantitative estimate of drug-likeness (QED) is 0.669. The van der Waals surface area contributed by atoms with Gasteiger partial charge in [-0.2, -0.15) is 0 Å². The summed E-state index contributed by atoms with van der Waals surface area (Å²) >= 11 is 1.36. The average Bonchev–Trinajstić information content (AvgIpc) is 2.71. The molecule has 3 N–H and O–H groups in total. The van der Waals surface area contributed by atoms with Crippen molar-refractivity contribution >= 4 is 28.3 Å². The van der Waals surface area contributed by atoms with Gasteiger partial charge in [0.05, 0.1) is 18.7 Å². The number of aromatic nitrogens is 1. The maximum atomic E-state index is 10.9. The predicted octanol–water partition coefficient (Wildman–Crippen LogP) is 0.318. The van der Waals surface area contributed by atoms with Crippen molar-refractivity contribution in [2.45, 2.75) is 12.8 Å². The van der Waals surface area contributed by atoms with Crippen LogP contribution < -0.4 is 10.6 Å². The number of aryl methyl sites for hydroxylation is 1. The summed E-state index contributed by atoms with van der Waals surface area (Å²) in [5, 5.41) is 16.2. The summed E-state index contributed by atoms with van der Waals surface area (Å²) in [6.45, 7) is 0.169. The number of likely N-dealkylation sites (N-methyl/N-ethyl adjacent to an activating group) is 1. The van der Waals surface area contributed by atoms with E-state index in [2.05, 4.69) is 15.6 Å². The molecule has 0 aliphatic carbocycles. The average molecular weight is 243 g/mol. The highest BCUT2D eigenvalue weighted by Crippen LogP contribution is 2.15. The van der Waals surface area contributed by atoms with E-state index in [1.807, 2.05) is 0 Å². The zero-order valence-corrected chi connectivity index (χ0v) is 9.63. The highest BCUT2D eigenvalue weighted by Gasteiger charge is 2.05. The first kappa shape index (κ1) is 12.4. The lowest BCUT2D eigenvalue weighted by Gasteiger charge is -2.00. The number of amides is 1. The van der Waals surface area contributed by atoms with Crippen LogP contribution in [0.3, 0.4) is 0 Å². The van der Waals surface area contributed by atoms with Crippen LogP contribution in [0, 0.1) is 0 Å². The van der Waals surface area contributed by atoms with Gasteiger partial charge >= 0.3 is 5.97 Å². The fourth-order valence-electron chi connectivity index (χ4n) is 0.982. The number of nitrogens with zero attached hydrogens (tertiary/aromatic N) is 1. The smallest absolute Gasteiger partial charge is 0.303 e. The Morgan fingerprint density at radius 1 is 1.56 bits per heavy atom. The third-order valence-electron chi connectivity index (χ3n) is 1.83. The minimum absolute atomic E-state index is 0.0681. The fraction of sp³-hybridized carbons (Fsp3) is 0.444. The van der Waals surface area contributed by atoms with Crippen molar-refractivity contribution in [3.05, 3.63) is 11.1 Å². The van der Waals surface area contributed by atoms with Crippen LogP contribution in [0.5, 0.6) is 0 Å². The Balaban J connectivity index is 2.39. The Labute approximate surface area is 96.7 Å². The molecule has 7 heteroatoms. The topological polar surface area (TPSA) is 91.3 Å². The van der Waals surface area contributed by atoms with Gasteiger partial charge in [0.15, 0.2) is 5.13 Å². The standard InChI is InChI=1S/C9H13N3O3S/c1-10-7(13)4-11-9-12-6(5-16-9)2-3-8(14)15/h5H,2-4H2,1H3,(H,10,13)(H,11,12)(H,14,15). The Kier molecular flexibility index (Phi) is 4.71. The molecule has 0 unspecified atom stereocenters. The van der Waals surface area contributed by atoms with E-state index >= 15 is 0 Å². The number of carbonyl (C=O) groups is 2. The number of hydrogen-bond donors (Lipinski definition) is 3. The van der Waals surface area contributed by atoms with Gasteiger partial charge in [-0.3, -0.25) is 9.59 Å². The summed E-state index contributed by atoms with van der Waals surface area (Å²) in [5.74, 6) is -0.963. The number of rotatable bonds is 6. The molecule has 0 aliphatic rings. The van der Waals surface area contributed by atoms with Gasteiger partial charge in [0.1, 0.15) is 0 Å². The second-order valence-electron chi connectivity index (χ2n) is 3.06. The van der Waals surface area contributed by atoms with E-state index in [4.69, 9.17) is 5.11 Å². The van der Waals surface area contributed by atoms with Gasteiger partial charge in [-0.25, -0.2) is 4.98 Å². The number of anilines is 1. The zero-order valence-electron chi connectivity index (χ0n) is 8.82. The molecule has 0 spiro atoms. The second kappa shape index (κ2) is 6.06. The van der Waals surface area contributed by atoms with Gasteiger partial charge in [-0.1, -0.05) is 0 Å². The molecule has 1 rings (SSSR count). The maximum absolute atomic E-state index is 10.9. The molecule has 0 radical (unpaired) electrons. The van der Waals surface area contributed by atoms with Crippen LogP contribution in [0.2, 0.25) is 0 Å². The van der Waals surface area contributed by atoms with Gasteiger partial charge in [-0.05, 0) is 0 Å². The van der Waals surface area contributed by atoms with E-state index in [9.17, 15) is 9.59 Å². The third kappa shape index (κ3) is 4.26. The number of carboxylic acids is 1. The molecule has 1 heterocycles. The summed E-state index contributed by atoms with van der Waals surface area (Å²) in [6.07, 6.45) is 0.478. The molecule has 0 aliphatic heterocycles. The molecule has 1 aromatic heterocycles. The van der Waals surface area contributed by atoms with Gasteiger partial charge in [0.25, 0.3) is 0 Å². The minimum Gasteiger partial charge on any atom is -0.481 e. The van der Waals surface area contributed by atoms with Crippen LogP contribution in [-0.2, 0) is 16.0 Å². The van der Waals surface area contributed by atoms with Gasteiger partial charge in [0.2, 0.25) is 5.91 Å². The Bertz CT molecular complexity index is 378. The van der Waals surface area contributed by atoms with E-state index in [0.717, 1.165) is 5.69 Å². The molecule has 0 atom stereocenters. The highest BCUT2D eigenvalue weighted by atomic mass is 32.1. The van der Waals surface area contributed by atoms with Crippen LogP contribution in [-0.4, -0.2) is 35.6 Å².